The number of aromatic nitrogens is 5. The van der Waals surface area contributed by atoms with Crippen LogP contribution in [-0.2, 0) is 7.05 Å². The Labute approximate surface area is 174 Å². The minimum Gasteiger partial charge on any atom is -0.496 e. The number of rotatable bonds is 3. The number of H-pyrrole nitrogens is 2. The molecule has 31 heavy (non-hydrogen) atoms. The summed E-state index contributed by atoms with van der Waals surface area (Å²) < 4.78 is 23.2. The van der Waals surface area contributed by atoms with Crippen molar-refractivity contribution in [3.05, 3.63) is 70.8 Å². The van der Waals surface area contributed by atoms with E-state index in [1.165, 1.54) is 21.3 Å². The van der Waals surface area contributed by atoms with Crippen LogP contribution >= 0.6 is 0 Å². The van der Waals surface area contributed by atoms with E-state index in [2.05, 4.69) is 15.2 Å². The molecule has 0 spiro atoms. The van der Waals surface area contributed by atoms with Gasteiger partial charge in [-0.2, -0.15) is 10.4 Å². The summed E-state index contributed by atoms with van der Waals surface area (Å²) in [6, 6.07) is 9.67. The van der Waals surface area contributed by atoms with Crippen molar-refractivity contribution in [3.63, 3.8) is 0 Å². The Morgan fingerprint density at radius 1 is 1.29 bits per heavy atom. The maximum atomic E-state index is 14.9. The van der Waals surface area contributed by atoms with Gasteiger partial charge in [0.05, 0.1) is 47.6 Å². The Balaban J connectivity index is 1.93. The maximum absolute atomic E-state index is 14.9. The Kier molecular flexibility index (Phi) is 4.08. The van der Waals surface area contributed by atoms with Gasteiger partial charge in [-0.15, -0.1) is 0 Å². The lowest BCUT2D eigenvalue weighted by atomic mass is 10.0. The number of imidazole rings is 1. The van der Waals surface area contributed by atoms with E-state index in [1.54, 1.807) is 32.7 Å². The largest absolute Gasteiger partial charge is 0.496 e. The van der Waals surface area contributed by atoms with E-state index < -0.39 is 11.5 Å². The van der Waals surface area contributed by atoms with Crippen molar-refractivity contribution in [2.24, 2.45) is 7.05 Å². The molecule has 0 bridgehead atoms. The van der Waals surface area contributed by atoms with Crippen LogP contribution in [0.15, 0.2) is 53.7 Å². The number of benzene rings is 2. The standard InChI is InChI=1S/C22H15FN6O2/c1-28-19-11-25-17-7-20(31-2)14(13-9-26-27-10-13)6-15(17)21(19)29(22(28)30)18-4-3-12(8-24)5-16(18)23/h3-7,9-11H,1-2H3,(H,26,27)/p+1. The number of halogens is 1. The quantitative estimate of drug-likeness (QED) is 0.489. The summed E-state index contributed by atoms with van der Waals surface area (Å²) in [6.45, 7) is 0. The molecule has 5 rings (SSSR count). The van der Waals surface area contributed by atoms with Gasteiger partial charge in [-0.05, 0) is 24.3 Å². The number of nitriles is 1. The molecule has 0 fully saturated rings. The summed E-state index contributed by atoms with van der Waals surface area (Å²) in [5.74, 6) is -0.0305. The fraction of sp³-hybridized carbons (Fsp3) is 0.0909. The Morgan fingerprint density at radius 3 is 2.81 bits per heavy atom. The SMILES string of the molecule is COc1cc2[nH+]cc3c(c2cc1-c1cn[nH]c1)n(-c1ccc(C#N)cc1F)c(=O)n3C. The van der Waals surface area contributed by atoms with Crippen molar-refractivity contribution in [2.75, 3.05) is 7.11 Å². The molecule has 8 nitrogen and oxygen atoms in total. The van der Waals surface area contributed by atoms with Gasteiger partial charge in [0.2, 0.25) is 5.52 Å². The zero-order chi connectivity index (χ0) is 21.7. The summed E-state index contributed by atoms with van der Waals surface area (Å²) in [5, 5.41) is 16.5. The Morgan fingerprint density at radius 2 is 2.13 bits per heavy atom. The van der Waals surface area contributed by atoms with Gasteiger partial charge >= 0.3 is 5.69 Å². The van der Waals surface area contributed by atoms with Crippen LogP contribution in [0.5, 0.6) is 5.75 Å². The summed E-state index contributed by atoms with van der Waals surface area (Å²) in [7, 11) is 3.21. The monoisotopic (exact) mass is 415 g/mol. The molecule has 0 saturated carbocycles. The normalized spacial score (nSPS) is 11.2. The van der Waals surface area contributed by atoms with Crippen molar-refractivity contribution >= 4 is 21.9 Å². The highest BCUT2D eigenvalue weighted by Crippen LogP contribution is 2.35. The number of aryl methyl sites for hydroxylation is 1. The molecule has 0 aliphatic rings. The van der Waals surface area contributed by atoms with Gasteiger partial charge in [0.15, 0.2) is 6.20 Å². The molecule has 0 unspecified atom stereocenters. The molecular formula is C22H16FN6O2+. The first-order chi connectivity index (χ1) is 15.0. The molecule has 3 heterocycles. The molecule has 152 valence electrons. The molecule has 0 atom stereocenters. The molecule has 0 aliphatic carbocycles. The number of hydrogen-bond acceptors (Lipinski definition) is 4. The molecule has 2 aromatic carbocycles. The Bertz CT molecular complexity index is 1570. The smallest absolute Gasteiger partial charge is 0.333 e. The molecule has 0 aliphatic heterocycles. The van der Waals surface area contributed by atoms with Gasteiger partial charge in [-0.1, -0.05) is 0 Å². The number of methoxy groups -OCH3 is 1. The first-order valence-electron chi connectivity index (χ1n) is 9.36. The van der Waals surface area contributed by atoms with Crippen molar-refractivity contribution in [3.8, 4) is 28.6 Å². The van der Waals surface area contributed by atoms with Crippen LogP contribution in [0.1, 0.15) is 5.56 Å². The van der Waals surface area contributed by atoms with Gasteiger partial charge in [0.1, 0.15) is 17.1 Å². The number of aromatic amines is 2. The lowest BCUT2D eigenvalue weighted by molar-refractivity contribution is -0.342. The number of ether oxygens (including phenoxy) is 1. The molecular weight excluding hydrogens is 399 g/mol. The van der Waals surface area contributed by atoms with Gasteiger partial charge in [-0.25, -0.2) is 14.2 Å². The number of nitrogens with zero attached hydrogens (tertiary/aromatic N) is 4. The van der Waals surface area contributed by atoms with Crippen molar-refractivity contribution < 1.29 is 14.1 Å². The van der Waals surface area contributed by atoms with Crippen LogP contribution < -0.4 is 15.4 Å². The molecule has 3 aromatic heterocycles. The van der Waals surface area contributed by atoms with Gasteiger partial charge in [0, 0.05) is 24.4 Å². The third-order valence-corrected chi connectivity index (χ3v) is 5.39. The first kappa shape index (κ1) is 18.6. The van der Waals surface area contributed by atoms with Crippen molar-refractivity contribution in [2.45, 2.75) is 0 Å². The summed E-state index contributed by atoms with van der Waals surface area (Å²) >= 11 is 0. The minimum absolute atomic E-state index is 0.0720. The highest BCUT2D eigenvalue weighted by Gasteiger charge is 2.23. The lowest BCUT2D eigenvalue weighted by Gasteiger charge is -2.09. The van der Waals surface area contributed by atoms with Crippen LogP contribution in [-0.4, -0.2) is 26.4 Å². The fourth-order valence-corrected chi connectivity index (χ4v) is 3.86. The van der Waals surface area contributed by atoms with E-state index in [-0.39, 0.29) is 11.3 Å². The lowest BCUT2D eigenvalue weighted by Crippen LogP contribution is -2.21. The fourth-order valence-electron chi connectivity index (χ4n) is 3.86. The van der Waals surface area contributed by atoms with Gasteiger partial charge in [0.25, 0.3) is 0 Å². The number of fused-ring (bicyclic) bond motifs is 3. The molecule has 5 aromatic rings. The highest BCUT2D eigenvalue weighted by molar-refractivity contribution is 6.04. The number of hydrogen-bond donors (Lipinski definition) is 1. The van der Waals surface area contributed by atoms with E-state index in [9.17, 15) is 9.18 Å². The zero-order valence-electron chi connectivity index (χ0n) is 16.6. The topological polar surface area (TPSA) is 103 Å². The predicted octanol–water partition coefficient (Wildman–Crippen LogP) is 2.71. The second-order valence-electron chi connectivity index (χ2n) is 7.06. The van der Waals surface area contributed by atoms with Crippen molar-refractivity contribution in [1.29, 1.82) is 5.26 Å². The van der Waals surface area contributed by atoms with E-state index in [0.717, 1.165) is 17.2 Å². The van der Waals surface area contributed by atoms with Crippen LogP contribution in [0.4, 0.5) is 4.39 Å². The molecule has 0 saturated heterocycles. The van der Waals surface area contributed by atoms with Gasteiger partial charge in [-0.3, -0.25) is 14.2 Å². The minimum atomic E-state index is -0.654. The second kappa shape index (κ2) is 6.81. The van der Waals surface area contributed by atoms with Crippen LogP contribution in [0.25, 0.3) is 38.8 Å². The van der Waals surface area contributed by atoms with Crippen LogP contribution in [0.3, 0.4) is 0 Å². The molecule has 0 radical (unpaired) electrons. The average Bonchev–Trinajstić information content (AvgIpc) is 3.40. The van der Waals surface area contributed by atoms with Crippen LogP contribution in [0, 0.1) is 17.1 Å². The third-order valence-electron chi connectivity index (χ3n) is 5.39. The molecule has 2 N–H and O–H groups in total. The predicted molar refractivity (Wildman–Crippen MR) is 111 cm³/mol. The van der Waals surface area contributed by atoms with Crippen LogP contribution in [0.2, 0.25) is 0 Å². The molecule has 9 heteroatoms. The van der Waals surface area contributed by atoms with Gasteiger partial charge < -0.3 is 4.74 Å². The molecule has 0 amide bonds. The van der Waals surface area contributed by atoms with E-state index in [0.29, 0.717) is 27.7 Å². The summed E-state index contributed by atoms with van der Waals surface area (Å²) in [5.41, 5.74) is 3.28. The maximum Gasteiger partial charge on any atom is 0.333 e. The summed E-state index contributed by atoms with van der Waals surface area (Å²) in [4.78, 5) is 16.3. The van der Waals surface area contributed by atoms with E-state index in [4.69, 9.17) is 10.00 Å². The Hall–Kier alpha value is -4.45. The van der Waals surface area contributed by atoms with E-state index >= 15 is 0 Å². The van der Waals surface area contributed by atoms with Crippen molar-refractivity contribution in [1.82, 2.24) is 19.3 Å². The third kappa shape index (κ3) is 2.69. The second-order valence-corrected chi connectivity index (χ2v) is 7.06. The first-order valence-corrected chi connectivity index (χ1v) is 9.36. The number of pyridine rings is 1. The number of nitrogens with one attached hydrogen (secondary N) is 2. The summed E-state index contributed by atoms with van der Waals surface area (Å²) in [6.07, 6.45) is 5.12. The van der Waals surface area contributed by atoms with E-state index in [1.807, 2.05) is 18.2 Å². The highest BCUT2D eigenvalue weighted by atomic mass is 19.1. The average molecular weight is 415 g/mol. The zero-order valence-corrected chi connectivity index (χ0v) is 16.6.